The molecule has 0 fully saturated rings. The Labute approximate surface area is 153 Å². The Morgan fingerprint density at radius 1 is 0.880 bits per heavy atom. The van der Waals surface area contributed by atoms with E-state index in [0.717, 1.165) is 6.42 Å². The smallest absolute Gasteiger partial charge is 0.231 e. The third-order valence-electron chi connectivity index (χ3n) is 5.41. The summed E-state index contributed by atoms with van der Waals surface area (Å²) in [6, 6.07) is 7.78. The van der Waals surface area contributed by atoms with E-state index in [9.17, 15) is 10.3 Å². The molecule has 0 saturated carbocycles. The summed E-state index contributed by atoms with van der Waals surface area (Å²) < 4.78 is -0.772. The Kier molecular flexibility index (Phi) is 7.67. The molecule has 3 heteroatoms. The standard InChI is InChI=1S/C22H35NO2/c1-3-4-5-6-7-8-9-10-11-12-13-20-14-16-21(17-15-20)23(25)19-18-22(23,2)24/h14-19,24H,3-13H2,1-2H3. The van der Waals surface area contributed by atoms with Crippen LogP contribution in [-0.2, 0) is 6.42 Å². The molecule has 1 aliphatic rings. The molecule has 3 nitrogen and oxygen atoms in total. The van der Waals surface area contributed by atoms with E-state index in [-0.39, 0.29) is 0 Å². The molecule has 0 spiro atoms. The molecule has 0 aliphatic carbocycles. The van der Waals surface area contributed by atoms with Gasteiger partial charge in [0, 0.05) is 19.1 Å². The normalized spacial score (nSPS) is 25.1. The van der Waals surface area contributed by atoms with E-state index in [4.69, 9.17) is 0 Å². The molecule has 2 rings (SSSR count). The van der Waals surface area contributed by atoms with Gasteiger partial charge in [-0.2, -0.15) is 0 Å². The number of aryl methyl sites for hydroxylation is 1. The lowest BCUT2D eigenvalue weighted by molar-refractivity contribution is -0.0171. The molecule has 1 aromatic rings. The molecule has 140 valence electrons. The monoisotopic (exact) mass is 345 g/mol. The topological polar surface area (TPSA) is 43.3 Å². The van der Waals surface area contributed by atoms with Crippen LogP contribution in [0.15, 0.2) is 36.5 Å². The largest absolute Gasteiger partial charge is 0.620 e. The molecule has 0 bridgehead atoms. The maximum Gasteiger partial charge on any atom is 0.231 e. The predicted octanol–water partition coefficient (Wildman–Crippen LogP) is 6.19. The molecule has 25 heavy (non-hydrogen) atoms. The number of nitrogens with zero attached hydrogens (tertiary/aromatic N) is 1. The minimum absolute atomic E-state index is 0.597. The fourth-order valence-electron chi connectivity index (χ4n) is 3.47. The zero-order valence-electron chi connectivity index (χ0n) is 16.0. The Balaban J connectivity index is 1.59. The van der Waals surface area contributed by atoms with Crippen LogP contribution in [0.5, 0.6) is 0 Å². The number of quaternary nitrogens is 1. The van der Waals surface area contributed by atoms with Crippen LogP contribution in [0.3, 0.4) is 0 Å². The van der Waals surface area contributed by atoms with Crippen molar-refractivity contribution in [3.05, 3.63) is 47.3 Å². The Hall–Kier alpha value is -1.16. The Morgan fingerprint density at radius 3 is 1.84 bits per heavy atom. The molecular weight excluding hydrogens is 310 g/mol. The summed E-state index contributed by atoms with van der Waals surface area (Å²) in [5, 5.41) is 22.6. The molecule has 2 unspecified atom stereocenters. The first-order valence-corrected chi connectivity index (χ1v) is 10.1. The van der Waals surface area contributed by atoms with Crippen molar-refractivity contribution in [2.24, 2.45) is 0 Å². The first-order chi connectivity index (χ1) is 12.0. The summed E-state index contributed by atoms with van der Waals surface area (Å²) in [6.07, 6.45) is 17.6. The summed E-state index contributed by atoms with van der Waals surface area (Å²) in [4.78, 5) is 0. The second kappa shape index (κ2) is 9.51. The van der Waals surface area contributed by atoms with Crippen molar-refractivity contribution in [3.8, 4) is 0 Å². The highest BCUT2D eigenvalue weighted by Crippen LogP contribution is 2.39. The fraction of sp³-hybridized carbons (Fsp3) is 0.636. The van der Waals surface area contributed by atoms with Gasteiger partial charge in [-0.15, -0.1) is 0 Å². The highest BCUT2D eigenvalue weighted by atomic mass is 16.6. The van der Waals surface area contributed by atoms with Crippen LogP contribution in [0, 0.1) is 5.21 Å². The molecule has 1 heterocycles. The number of hydroxylamine groups is 2. The average molecular weight is 346 g/mol. The van der Waals surface area contributed by atoms with Crippen LogP contribution in [0.1, 0.15) is 83.6 Å². The summed E-state index contributed by atoms with van der Waals surface area (Å²) in [5.74, 6) is 0. The van der Waals surface area contributed by atoms with E-state index in [2.05, 4.69) is 6.92 Å². The van der Waals surface area contributed by atoms with E-state index in [1.807, 2.05) is 24.3 Å². The third kappa shape index (κ3) is 5.40. The lowest BCUT2D eigenvalue weighted by Crippen LogP contribution is -2.61. The first-order valence-electron chi connectivity index (χ1n) is 10.1. The Morgan fingerprint density at radius 2 is 1.40 bits per heavy atom. The minimum Gasteiger partial charge on any atom is -0.620 e. The van der Waals surface area contributed by atoms with Gasteiger partial charge in [0.25, 0.3) is 0 Å². The summed E-state index contributed by atoms with van der Waals surface area (Å²) >= 11 is 0. The zero-order valence-corrected chi connectivity index (χ0v) is 16.0. The number of benzene rings is 1. The molecule has 1 N–H and O–H groups in total. The maximum absolute atomic E-state index is 12.6. The predicted molar refractivity (Wildman–Crippen MR) is 107 cm³/mol. The van der Waals surface area contributed by atoms with Crippen LogP contribution in [0.2, 0.25) is 0 Å². The highest BCUT2D eigenvalue weighted by Gasteiger charge is 2.45. The van der Waals surface area contributed by atoms with E-state index in [1.54, 1.807) is 13.0 Å². The van der Waals surface area contributed by atoms with Gasteiger partial charge in [0.1, 0.15) is 11.9 Å². The molecule has 1 aromatic carbocycles. The number of aliphatic hydroxyl groups is 1. The van der Waals surface area contributed by atoms with Gasteiger partial charge in [0.15, 0.2) is 0 Å². The van der Waals surface area contributed by atoms with Crippen molar-refractivity contribution < 1.29 is 5.11 Å². The number of hydrogen-bond acceptors (Lipinski definition) is 2. The van der Waals surface area contributed by atoms with Crippen LogP contribution in [-0.4, -0.2) is 10.8 Å². The molecule has 0 aromatic heterocycles. The Bertz CT molecular complexity index is 535. The second-order valence-corrected chi connectivity index (χ2v) is 7.67. The van der Waals surface area contributed by atoms with E-state index < -0.39 is 10.4 Å². The lowest BCUT2D eigenvalue weighted by Gasteiger charge is -2.52. The van der Waals surface area contributed by atoms with Crippen LogP contribution < -0.4 is 4.65 Å². The van der Waals surface area contributed by atoms with Gasteiger partial charge in [-0.3, -0.25) is 4.65 Å². The van der Waals surface area contributed by atoms with Crippen molar-refractivity contribution in [2.75, 3.05) is 0 Å². The first kappa shape index (κ1) is 20.2. The van der Waals surface area contributed by atoms with Gasteiger partial charge in [-0.05, 0) is 18.4 Å². The molecule has 0 saturated heterocycles. The SMILES string of the molecule is CCCCCCCCCCCCc1ccc([N+]2([O-])C=CC2(C)O)cc1. The van der Waals surface area contributed by atoms with Gasteiger partial charge < -0.3 is 10.3 Å². The number of unbranched alkanes of at least 4 members (excludes halogenated alkanes) is 9. The maximum atomic E-state index is 12.6. The quantitative estimate of drug-likeness (QED) is 0.279. The van der Waals surface area contributed by atoms with Crippen LogP contribution >= 0.6 is 0 Å². The van der Waals surface area contributed by atoms with Crippen molar-refractivity contribution in [2.45, 2.75) is 90.2 Å². The third-order valence-corrected chi connectivity index (χ3v) is 5.41. The number of rotatable bonds is 12. The van der Waals surface area contributed by atoms with E-state index in [0.29, 0.717) is 5.69 Å². The van der Waals surface area contributed by atoms with Gasteiger partial charge in [0.05, 0.1) is 6.08 Å². The summed E-state index contributed by atoms with van der Waals surface area (Å²) in [6.45, 7) is 3.82. The number of hydrogen-bond donors (Lipinski definition) is 1. The minimum atomic E-state index is -1.34. The molecular formula is C22H35NO2. The fourth-order valence-corrected chi connectivity index (χ4v) is 3.47. The summed E-state index contributed by atoms with van der Waals surface area (Å²) in [7, 11) is 0. The molecule has 1 aliphatic heterocycles. The van der Waals surface area contributed by atoms with Gasteiger partial charge in [0.2, 0.25) is 5.72 Å². The van der Waals surface area contributed by atoms with E-state index in [1.165, 1.54) is 76.0 Å². The zero-order chi connectivity index (χ0) is 18.2. The highest BCUT2D eigenvalue weighted by molar-refractivity contribution is 5.53. The van der Waals surface area contributed by atoms with Gasteiger partial charge >= 0.3 is 0 Å². The van der Waals surface area contributed by atoms with Crippen molar-refractivity contribution >= 4 is 5.69 Å². The van der Waals surface area contributed by atoms with E-state index >= 15 is 0 Å². The molecule has 0 amide bonds. The van der Waals surface area contributed by atoms with Gasteiger partial charge in [-0.25, -0.2) is 0 Å². The van der Waals surface area contributed by atoms with Crippen molar-refractivity contribution in [1.82, 2.24) is 4.65 Å². The molecule has 2 atom stereocenters. The van der Waals surface area contributed by atoms with Crippen LogP contribution in [0.4, 0.5) is 5.69 Å². The average Bonchev–Trinajstić information content (AvgIpc) is 2.62. The molecule has 0 radical (unpaired) electrons. The lowest BCUT2D eigenvalue weighted by atomic mass is 10.0. The van der Waals surface area contributed by atoms with Crippen LogP contribution in [0.25, 0.3) is 0 Å². The second-order valence-electron chi connectivity index (χ2n) is 7.67. The van der Waals surface area contributed by atoms with Crippen molar-refractivity contribution in [1.29, 1.82) is 0 Å². The van der Waals surface area contributed by atoms with Gasteiger partial charge in [-0.1, -0.05) is 76.8 Å². The summed E-state index contributed by atoms with van der Waals surface area (Å²) in [5.41, 5.74) is 0.538. The van der Waals surface area contributed by atoms with Crippen molar-refractivity contribution in [3.63, 3.8) is 0 Å².